The average Bonchev–Trinajstić information content (AvgIpc) is 3.25. The Kier molecular flexibility index (Phi) is 5.99. The van der Waals surface area contributed by atoms with Gasteiger partial charge < -0.3 is 14.4 Å². The van der Waals surface area contributed by atoms with Crippen molar-refractivity contribution in [3.8, 4) is 0 Å². The van der Waals surface area contributed by atoms with E-state index in [1.165, 1.54) is 32.1 Å². The summed E-state index contributed by atoms with van der Waals surface area (Å²) in [5.74, 6) is 0.0488. The smallest absolute Gasteiger partial charge is 0.274 e. The van der Waals surface area contributed by atoms with E-state index in [1.54, 1.807) is 7.11 Å². The Balaban J connectivity index is 1.22. The van der Waals surface area contributed by atoms with Crippen molar-refractivity contribution < 1.29 is 14.3 Å². The van der Waals surface area contributed by atoms with Crippen molar-refractivity contribution in [3.05, 3.63) is 30.0 Å². The maximum Gasteiger partial charge on any atom is 0.274 e. The Labute approximate surface area is 184 Å². The fourth-order valence-corrected chi connectivity index (χ4v) is 6.03. The topological polar surface area (TPSA) is 70.7 Å². The molecule has 1 aromatic carbocycles. The molecule has 7 heteroatoms. The molecule has 3 aliphatic rings. The number of rotatable bonds is 6. The second-order valence-electron chi connectivity index (χ2n) is 9.31. The number of likely N-dealkylation sites (tertiary alicyclic amines) is 2. The number of fused-ring (bicyclic) bond motifs is 1. The van der Waals surface area contributed by atoms with Crippen LogP contribution in [0.2, 0.25) is 0 Å². The summed E-state index contributed by atoms with van der Waals surface area (Å²) in [6, 6.07) is 8.39. The molecule has 1 aliphatic carbocycles. The minimum Gasteiger partial charge on any atom is -0.382 e. The van der Waals surface area contributed by atoms with Crippen LogP contribution in [0.15, 0.2) is 24.3 Å². The third kappa shape index (κ3) is 3.77. The lowest BCUT2D eigenvalue weighted by Crippen LogP contribution is -2.75. The molecule has 7 nitrogen and oxygen atoms in total. The van der Waals surface area contributed by atoms with Crippen LogP contribution in [0.1, 0.15) is 55.4 Å². The van der Waals surface area contributed by atoms with Crippen LogP contribution < -0.4 is 0 Å². The minimum atomic E-state index is 0.0488. The van der Waals surface area contributed by atoms with Gasteiger partial charge in [-0.25, -0.2) is 0 Å². The quantitative estimate of drug-likeness (QED) is 0.718. The van der Waals surface area contributed by atoms with Crippen molar-refractivity contribution in [2.45, 2.75) is 62.6 Å². The number of hydrogen-bond acceptors (Lipinski definition) is 5. The normalized spacial score (nSPS) is 24.5. The Morgan fingerprint density at radius 1 is 1.16 bits per heavy atom. The van der Waals surface area contributed by atoms with Crippen LogP contribution in [-0.2, 0) is 9.47 Å². The number of benzene rings is 1. The van der Waals surface area contributed by atoms with E-state index in [-0.39, 0.29) is 11.4 Å². The van der Waals surface area contributed by atoms with E-state index in [4.69, 9.17) is 9.47 Å². The number of methoxy groups -OCH3 is 1. The van der Waals surface area contributed by atoms with Crippen LogP contribution in [0.5, 0.6) is 0 Å². The average molecular weight is 427 g/mol. The number of carbonyl (C=O) groups is 1. The summed E-state index contributed by atoms with van der Waals surface area (Å²) in [7, 11) is 1.73. The fraction of sp³-hybridized carbons (Fsp3) is 0.667. The van der Waals surface area contributed by atoms with Crippen LogP contribution in [0.3, 0.4) is 0 Å². The SMILES string of the molecule is COCCOC1CN(C2CCN(C(=O)c3n[nH]c4ccccc34)CC2)C12CCCCC2. The van der Waals surface area contributed by atoms with Crippen molar-refractivity contribution in [3.63, 3.8) is 0 Å². The van der Waals surface area contributed by atoms with Gasteiger partial charge in [0.05, 0.1) is 24.8 Å². The number of nitrogens with one attached hydrogen (secondary N) is 1. The third-order valence-corrected chi connectivity index (χ3v) is 7.73. The number of carbonyl (C=O) groups excluding carboxylic acids is 1. The van der Waals surface area contributed by atoms with Gasteiger partial charge in [0.25, 0.3) is 5.91 Å². The van der Waals surface area contributed by atoms with Crippen LogP contribution in [0.4, 0.5) is 0 Å². The molecular weight excluding hydrogens is 392 g/mol. The zero-order valence-corrected chi connectivity index (χ0v) is 18.5. The van der Waals surface area contributed by atoms with Gasteiger partial charge in [-0.1, -0.05) is 37.5 Å². The first-order chi connectivity index (χ1) is 15.2. The predicted octanol–water partition coefficient (Wildman–Crippen LogP) is 3.22. The zero-order valence-electron chi connectivity index (χ0n) is 18.5. The van der Waals surface area contributed by atoms with Crippen molar-refractivity contribution >= 4 is 16.8 Å². The number of ether oxygens (including phenoxy) is 2. The van der Waals surface area contributed by atoms with E-state index in [2.05, 4.69) is 15.1 Å². The molecule has 0 bridgehead atoms. The highest BCUT2D eigenvalue weighted by Gasteiger charge is 2.56. The molecule has 1 aromatic heterocycles. The van der Waals surface area contributed by atoms with Crippen molar-refractivity contribution in [2.75, 3.05) is 40.0 Å². The third-order valence-electron chi connectivity index (χ3n) is 7.73. The largest absolute Gasteiger partial charge is 0.382 e. The van der Waals surface area contributed by atoms with Gasteiger partial charge in [-0.3, -0.25) is 14.8 Å². The van der Waals surface area contributed by atoms with Crippen LogP contribution >= 0.6 is 0 Å². The first-order valence-corrected chi connectivity index (χ1v) is 11.8. The molecule has 5 rings (SSSR count). The molecule has 1 N–H and O–H groups in total. The van der Waals surface area contributed by atoms with Gasteiger partial charge in [0, 0.05) is 43.7 Å². The highest BCUT2D eigenvalue weighted by Crippen LogP contribution is 2.47. The zero-order chi connectivity index (χ0) is 21.3. The minimum absolute atomic E-state index is 0.0488. The summed E-state index contributed by atoms with van der Waals surface area (Å²) in [4.78, 5) is 17.8. The molecule has 31 heavy (non-hydrogen) atoms. The lowest BCUT2D eigenvalue weighted by atomic mass is 9.69. The first-order valence-electron chi connectivity index (χ1n) is 11.8. The molecule has 3 fully saturated rings. The van der Waals surface area contributed by atoms with Crippen molar-refractivity contribution in [1.82, 2.24) is 20.0 Å². The van der Waals surface area contributed by atoms with E-state index < -0.39 is 0 Å². The van der Waals surface area contributed by atoms with Gasteiger partial charge in [-0.15, -0.1) is 0 Å². The molecule has 0 radical (unpaired) electrons. The van der Waals surface area contributed by atoms with Gasteiger partial charge in [0.2, 0.25) is 0 Å². The van der Waals surface area contributed by atoms with Gasteiger partial charge >= 0.3 is 0 Å². The van der Waals surface area contributed by atoms with E-state index in [0.29, 0.717) is 31.1 Å². The number of nitrogens with zero attached hydrogens (tertiary/aromatic N) is 3. The lowest BCUT2D eigenvalue weighted by molar-refractivity contribution is -0.203. The van der Waals surface area contributed by atoms with Gasteiger partial charge in [0.1, 0.15) is 0 Å². The van der Waals surface area contributed by atoms with Gasteiger partial charge in [-0.2, -0.15) is 5.10 Å². The van der Waals surface area contributed by atoms with Gasteiger partial charge in [0.15, 0.2) is 5.69 Å². The molecule has 1 unspecified atom stereocenters. The number of amides is 1. The molecule has 2 aromatic rings. The van der Waals surface area contributed by atoms with E-state index in [9.17, 15) is 4.79 Å². The molecule has 168 valence electrons. The number of aromatic amines is 1. The van der Waals surface area contributed by atoms with Crippen LogP contribution in [0.25, 0.3) is 10.9 Å². The fourth-order valence-electron chi connectivity index (χ4n) is 6.03. The Morgan fingerprint density at radius 3 is 2.71 bits per heavy atom. The van der Waals surface area contributed by atoms with Crippen LogP contribution in [-0.4, -0.2) is 83.5 Å². The summed E-state index contributed by atoms with van der Waals surface area (Å²) in [5.41, 5.74) is 1.68. The summed E-state index contributed by atoms with van der Waals surface area (Å²) in [6.07, 6.45) is 8.80. The molecule has 1 amide bonds. The highest BCUT2D eigenvalue weighted by molar-refractivity contribution is 6.04. The Morgan fingerprint density at radius 2 is 1.94 bits per heavy atom. The summed E-state index contributed by atoms with van der Waals surface area (Å²) >= 11 is 0. The molecule has 1 spiro atoms. The summed E-state index contributed by atoms with van der Waals surface area (Å²) in [5, 5.41) is 8.21. The number of para-hydroxylation sites is 1. The maximum absolute atomic E-state index is 13.1. The monoisotopic (exact) mass is 426 g/mol. The maximum atomic E-state index is 13.1. The number of piperidine rings is 1. The van der Waals surface area contributed by atoms with E-state index in [0.717, 1.165) is 43.4 Å². The number of hydrogen-bond donors (Lipinski definition) is 1. The number of H-pyrrole nitrogens is 1. The first kappa shape index (κ1) is 20.9. The predicted molar refractivity (Wildman–Crippen MR) is 119 cm³/mol. The van der Waals surface area contributed by atoms with Gasteiger partial charge in [-0.05, 0) is 31.7 Å². The molecule has 1 atom stereocenters. The van der Waals surface area contributed by atoms with E-state index in [1.807, 2.05) is 29.2 Å². The molecular formula is C24H34N4O3. The highest BCUT2D eigenvalue weighted by atomic mass is 16.5. The summed E-state index contributed by atoms with van der Waals surface area (Å²) < 4.78 is 11.4. The molecule has 3 heterocycles. The second-order valence-corrected chi connectivity index (χ2v) is 9.31. The Bertz CT molecular complexity index is 899. The van der Waals surface area contributed by atoms with Crippen LogP contribution in [0, 0.1) is 0 Å². The molecule has 2 aliphatic heterocycles. The lowest BCUT2D eigenvalue weighted by Gasteiger charge is -2.63. The summed E-state index contributed by atoms with van der Waals surface area (Å²) in [6.45, 7) is 3.96. The Hall–Kier alpha value is -1.96. The molecule has 1 saturated carbocycles. The van der Waals surface area contributed by atoms with Crippen molar-refractivity contribution in [2.24, 2.45) is 0 Å². The molecule has 2 saturated heterocycles. The van der Waals surface area contributed by atoms with Crippen molar-refractivity contribution in [1.29, 1.82) is 0 Å². The number of aromatic nitrogens is 2. The standard InChI is InChI=1S/C24H34N4O3/c1-30-15-16-31-21-17-28(24(21)11-5-2-6-12-24)18-9-13-27(14-10-18)23(29)22-19-7-3-4-8-20(19)25-26-22/h3-4,7-8,18,21H,2,5-6,9-17H2,1H3,(H,25,26). The second kappa shape index (κ2) is 8.88. The van der Waals surface area contributed by atoms with E-state index >= 15 is 0 Å².